The van der Waals surface area contributed by atoms with Crippen molar-refractivity contribution in [3.8, 4) is 0 Å². The van der Waals surface area contributed by atoms with Gasteiger partial charge < -0.3 is 15.7 Å². The van der Waals surface area contributed by atoms with Gasteiger partial charge in [0.15, 0.2) is 0 Å². The van der Waals surface area contributed by atoms with Gasteiger partial charge in [-0.2, -0.15) is 0 Å². The molecule has 1 amide bonds. The Kier molecular flexibility index (Phi) is 7.65. The molecule has 3 N–H and O–H groups in total. The first-order chi connectivity index (χ1) is 7.88. The van der Waals surface area contributed by atoms with Gasteiger partial charge in [-0.1, -0.05) is 12.2 Å². The molecule has 0 aliphatic carbocycles. The van der Waals surface area contributed by atoms with Crippen molar-refractivity contribution in [2.45, 2.75) is 19.9 Å². The Balaban J connectivity index is 3.98. The van der Waals surface area contributed by atoms with Crippen molar-refractivity contribution in [3.63, 3.8) is 0 Å². The molecular formula is C11H20N2O3S. The molecule has 1 atom stereocenters. The van der Waals surface area contributed by atoms with Crippen LogP contribution in [-0.2, 0) is 9.59 Å². The normalized spacial score (nSPS) is 11.9. The molecule has 0 fully saturated rings. The Bertz CT molecular complexity index is 294. The molecule has 0 aliphatic rings. The number of nitrogens with zero attached hydrogens (tertiary/aromatic N) is 1. The summed E-state index contributed by atoms with van der Waals surface area (Å²) >= 11 is 1.24. The molecule has 0 spiro atoms. The predicted octanol–water partition coefficient (Wildman–Crippen LogP) is 0.556. The van der Waals surface area contributed by atoms with Crippen molar-refractivity contribution in [1.29, 1.82) is 0 Å². The molecule has 0 aromatic heterocycles. The zero-order valence-electron chi connectivity index (χ0n) is 10.3. The van der Waals surface area contributed by atoms with E-state index in [2.05, 4.69) is 6.58 Å². The number of nitrogens with two attached hydrogens (primary N) is 1. The third-order valence-electron chi connectivity index (χ3n) is 2.04. The van der Waals surface area contributed by atoms with Crippen molar-refractivity contribution in [2.75, 3.05) is 24.6 Å². The van der Waals surface area contributed by atoms with E-state index in [9.17, 15) is 9.59 Å². The number of thioether (sulfide) groups is 1. The van der Waals surface area contributed by atoms with Gasteiger partial charge in [0.25, 0.3) is 0 Å². The summed E-state index contributed by atoms with van der Waals surface area (Å²) in [7, 11) is 0. The highest BCUT2D eigenvalue weighted by atomic mass is 32.2. The van der Waals surface area contributed by atoms with Crippen LogP contribution in [0.3, 0.4) is 0 Å². The number of amides is 1. The van der Waals surface area contributed by atoms with Crippen LogP contribution in [0.4, 0.5) is 0 Å². The summed E-state index contributed by atoms with van der Waals surface area (Å²) in [6.45, 7) is 8.69. The second-order valence-electron chi connectivity index (χ2n) is 3.82. The lowest BCUT2D eigenvalue weighted by molar-refractivity contribution is -0.138. The minimum Gasteiger partial charge on any atom is -0.480 e. The Hall–Kier alpha value is -1.01. The van der Waals surface area contributed by atoms with Gasteiger partial charge in [0, 0.05) is 18.8 Å². The van der Waals surface area contributed by atoms with Crippen LogP contribution in [0.1, 0.15) is 13.8 Å². The van der Waals surface area contributed by atoms with Crippen LogP contribution < -0.4 is 5.73 Å². The van der Waals surface area contributed by atoms with E-state index in [1.54, 1.807) is 4.90 Å². The van der Waals surface area contributed by atoms with Gasteiger partial charge in [0.1, 0.15) is 6.04 Å². The second-order valence-corrected chi connectivity index (χ2v) is 4.86. The number of carbonyl (C=O) groups excluding carboxylic acids is 1. The molecule has 0 aromatic carbocycles. The molecule has 98 valence electrons. The van der Waals surface area contributed by atoms with Crippen molar-refractivity contribution < 1.29 is 14.7 Å². The zero-order valence-corrected chi connectivity index (χ0v) is 11.1. The molecule has 6 heteroatoms. The lowest BCUT2D eigenvalue weighted by Gasteiger charge is -2.20. The SMILES string of the molecule is C=C(C)CN(CC)C(=O)CSC[C@@H](N)C(=O)O. The highest BCUT2D eigenvalue weighted by Gasteiger charge is 2.15. The fraction of sp³-hybridized carbons (Fsp3) is 0.636. The molecule has 0 aliphatic heterocycles. The first kappa shape index (κ1) is 16.0. The van der Waals surface area contributed by atoms with Gasteiger partial charge in [-0.15, -0.1) is 11.8 Å². The van der Waals surface area contributed by atoms with E-state index < -0.39 is 12.0 Å². The number of rotatable bonds is 8. The molecule has 0 rings (SSSR count). The van der Waals surface area contributed by atoms with Crippen LogP contribution in [0.5, 0.6) is 0 Å². The van der Waals surface area contributed by atoms with E-state index in [4.69, 9.17) is 10.8 Å². The second kappa shape index (κ2) is 8.14. The molecule has 5 nitrogen and oxygen atoms in total. The van der Waals surface area contributed by atoms with Crippen LogP contribution >= 0.6 is 11.8 Å². The maximum absolute atomic E-state index is 11.7. The Labute approximate surface area is 106 Å². The molecular weight excluding hydrogens is 240 g/mol. The maximum Gasteiger partial charge on any atom is 0.321 e. The van der Waals surface area contributed by atoms with Gasteiger partial charge >= 0.3 is 5.97 Å². The monoisotopic (exact) mass is 260 g/mol. The number of aliphatic carboxylic acids is 1. The zero-order chi connectivity index (χ0) is 13.4. The van der Waals surface area contributed by atoms with Gasteiger partial charge in [-0.05, 0) is 13.8 Å². The number of hydrogen-bond acceptors (Lipinski definition) is 4. The van der Waals surface area contributed by atoms with E-state index in [0.717, 1.165) is 5.57 Å². The average Bonchev–Trinajstić information content (AvgIpc) is 2.24. The lowest BCUT2D eigenvalue weighted by atomic mass is 10.3. The quantitative estimate of drug-likeness (QED) is 0.623. The summed E-state index contributed by atoms with van der Waals surface area (Å²) in [5.74, 6) is -0.564. The summed E-state index contributed by atoms with van der Waals surface area (Å²) in [5, 5.41) is 8.58. The Morgan fingerprint density at radius 3 is 2.53 bits per heavy atom. The minimum atomic E-state index is -1.04. The first-order valence-electron chi connectivity index (χ1n) is 5.36. The van der Waals surface area contributed by atoms with Crippen molar-refractivity contribution in [2.24, 2.45) is 5.73 Å². The molecule has 0 heterocycles. The Morgan fingerprint density at radius 2 is 2.12 bits per heavy atom. The van der Waals surface area contributed by atoms with Gasteiger partial charge in [-0.25, -0.2) is 0 Å². The molecule has 0 aromatic rings. The molecule has 0 saturated heterocycles. The van der Waals surface area contributed by atoms with Crippen molar-refractivity contribution in [1.82, 2.24) is 4.90 Å². The molecule has 0 unspecified atom stereocenters. The standard InChI is InChI=1S/C11H20N2O3S/c1-4-13(5-8(2)3)10(14)7-17-6-9(12)11(15)16/h9H,2,4-7,12H2,1,3H3,(H,15,16)/t9-/m1/s1. The molecule has 17 heavy (non-hydrogen) atoms. The van der Waals surface area contributed by atoms with E-state index in [1.165, 1.54) is 11.8 Å². The van der Waals surface area contributed by atoms with E-state index in [0.29, 0.717) is 13.1 Å². The average molecular weight is 260 g/mol. The summed E-state index contributed by atoms with van der Waals surface area (Å²) in [5.41, 5.74) is 6.26. The number of carboxylic acid groups (broad SMARTS) is 1. The lowest BCUT2D eigenvalue weighted by Crippen LogP contribution is -2.35. The number of hydrogen-bond donors (Lipinski definition) is 2. The highest BCUT2D eigenvalue weighted by Crippen LogP contribution is 2.06. The summed E-state index contributed by atoms with van der Waals surface area (Å²) < 4.78 is 0. The van der Waals surface area contributed by atoms with Crippen molar-refractivity contribution in [3.05, 3.63) is 12.2 Å². The molecule has 0 saturated carbocycles. The van der Waals surface area contributed by atoms with Crippen LogP contribution in [-0.4, -0.2) is 52.5 Å². The summed E-state index contributed by atoms with van der Waals surface area (Å²) in [6, 6.07) is -0.913. The van der Waals surface area contributed by atoms with E-state index in [1.807, 2.05) is 13.8 Å². The minimum absolute atomic E-state index is 0.0157. The van der Waals surface area contributed by atoms with Crippen LogP contribution in [0, 0.1) is 0 Å². The summed E-state index contributed by atoms with van der Waals surface area (Å²) in [6.07, 6.45) is 0. The number of likely N-dealkylation sites (N-methyl/N-ethyl adjacent to an activating group) is 1. The maximum atomic E-state index is 11.7. The van der Waals surface area contributed by atoms with Crippen LogP contribution in [0.15, 0.2) is 12.2 Å². The third-order valence-corrected chi connectivity index (χ3v) is 3.08. The van der Waals surface area contributed by atoms with Gasteiger partial charge in [0.2, 0.25) is 5.91 Å². The molecule has 0 radical (unpaired) electrons. The molecule has 0 bridgehead atoms. The number of carboxylic acids is 1. The highest BCUT2D eigenvalue weighted by molar-refractivity contribution is 8.00. The number of carbonyl (C=O) groups is 2. The largest absolute Gasteiger partial charge is 0.480 e. The fourth-order valence-electron chi connectivity index (χ4n) is 1.14. The fourth-order valence-corrected chi connectivity index (χ4v) is 2.01. The van der Waals surface area contributed by atoms with Gasteiger partial charge in [-0.3, -0.25) is 9.59 Å². The van der Waals surface area contributed by atoms with Crippen molar-refractivity contribution >= 4 is 23.6 Å². The van der Waals surface area contributed by atoms with E-state index in [-0.39, 0.29) is 17.4 Å². The smallest absolute Gasteiger partial charge is 0.321 e. The van der Waals surface area contributed by atoms with E-state index >= 15 is 0 Å². The third kappa shape index (κ3) is 7.01. The van der Waals surface area contributed by atoms with Crippen LogP contribution in [0.25, 0.3) is 0 Å². The van der Waals surface area contributed by atoms with Gasteiger partial charge in [0.05, 0.1) is 5.75 Å². The Morgan fingerprint density at radius 1 is 1.53 bits per heavy atom. The topological polar surface area (TPSA) is 83.6 Å². The first-order valence-corrected chi connectivity index (χ1v) is 6.52. The predicted molar refractivity (Wildman–Crippen MR) is 70.0 cm³/mol. The summed E-state index contributed by atoms with van der Waals surface area (Å²) in [4.78, 5) is 23.9. The van der Waals surface area contributed by atoms with Crippen LogP contribution in [0.2, 0.25) is 0 Å².